The van der Waals surface area contributed by atoms with Crippen molar-refractivity contribution in [3.63, 3.8) is 0 Å². The average molecular weight is 298 g/mol. The Kier molecular flexibility index (Phi) is 4.84. The molecular weight excluding hydrogens is 282 g/mol. The molecule has 1 amide bonds. The van der Waals surface area contributed by atoms with Gasteiger partial charge in [0, 0.05) is 5.02 Å². The van der Waals surface area contributed by atoms with Crippen LogP contribution in [-0.2, 0) is 14.3 Å². The number of unbranched alkanes of at least 4 members (excludes halogenated alkanes) is 1. The van der Waals surface area contributed by atoms with E-state index in [-0.39, 0.29) is 19.1 Å². The Morgan fingerprint density at radius 2 is 2.30 bits per heavy atom. The van der Waals surface area contributed by atoms with E-state index in [2.05, 4.69) is 0 Å². The number of hydrogen-bond donors (Lipinski definition) is 0. The number of fused-ring (bicyclic) bond motifs is 1. The Labute approximate surface area is 122 Å². The highest BCUT2D eigenvalue weighted by Gasteiger charge is 2.27. The van der Waals surface area contributed by atoms with E-state index in [0.29, 0.717) is 23.1 Å². The summed E-state index contributed by atoms with van der Waals surface area (Å²) in [6, 6.07) is 4.96. The van der Waals surface area contributed by atoms with Gasteiger partial charge in [0.2, 0.25) is 0 Å². The van der Waals surface area contributed by atoms with E-state index in [1.807, 2.05) is 6.92 Å². The number of halogens is 1. The third-order valence-electron chi connectivity index (χ3n) is 2.91. The second kappa shape index (κ2) is 6.61. The molecule has 0 bridgehead atoms. The van der Waals surface area contributed by atoms with Gasteiger partial charge in [0.1, 0.15) is 12.3 Å². The van der Waals surface area contributed by atoms with E-state index in [1.54, 1.807) is 18.2 Å². The molecule has 0 unspecified atom stereocenters. The number of esters is 1. The number of carbonyl (C=O) groups is 2. The molecule has 0 aliphatic carbocycles. The van der Waals surface area contributed by atoms with Crippen molar-refractivity contribution in [3.05, 3.63) is 23.2 Å². The fourth-order valence-corrected chi connectivity index (χ4v) is 2.02. The fraction of sp³-hybridized carbons (Fsp3) is 0.429. The van der Waals surface area contributed by atoms with Gasteiger partial charge in [0.25, 0.3) is 5.91 Å². The summed E-state index contributed by atoms with van der Waals surface area (Å²) in [6.45, 7) is 2.17. The van der Waals surface area contributed by atoms with Crippen LogP contribution >= 0.6 is 11.6 Å². The van der Waals surface area contributed by atoms with Gasteiger partial charge < -0.3 is 9.47 Å². The largest absolute Gasteiger partial charge is 0.482 e. The maximum absolute atomic E-state index is 11.9. The molecule has 1 aliphatic rings. The Morgan fingerprint density at radius 3 is 3.05 bits per heavy atom. The lowest BCUT2D eigenvalue weighted by Gasteiger charge is -2.28. The van der Waals surface area contributed by atoms with Crippen LogP contribution in [-0.4, -0.2) is 31.6 Å². The predicted octanol–water partition coefficient (Wildman–Crippen LogP) is 2.41. The van der Waals surface area contributed by atoms with Gasteiger partial charge in [0.15, 0.2) is 6.61 Å². The second-order valence-electron chi connectivity index (χ2n) is 4.45. The second-order valence-corrected chi connectivity index (χ2v) is 4.89. The Morgan fingerprint density at radius 1 is 1.50 bits per heavy atom. The number of carbonyl (C=O) groups excluding carboxylic acids is 2. The van der Waals surface area contributed by atoms with Gasteiger partial charge >= 0.3 is 5.97 Å². The lowest BCUT2D eigenvalue weighted by Crippen LogP contribution is -2.42. The van der Waals surface area contributed by atoms with Crippen molar-refractivity contribution in [2.45, 2.75) is 19.8 Å². The van der Waals surface area contributed by atoms with Crippen molar-refractivity contribution in [1.29, 1.82) is 0 Å². The summed E-state index contributed by atoms with van der Waals surface area (Å²) in [5, 5.41) is 0.478. The lowest BCUT2D eigenvalue weighted by molar-refractivity contribution is -0.143. The van der Waals surface area contributed by atoms with E-state index >= 15 is 0 Å². The number of benzene rings is 1. The zero-order valence-corrected chi connectivity index (χ0v) is 12.0. The van der Waals surface area contributed by atoms with Crippen molar-refractivity contribution in [1.82, 2.24) is 0 Å². The van der Waals surface area contributed by atoms with Crippen LogP contribution in [0.5, 0.6) is 5.75 Å². The summed E-state index contributed by atoms with van der Waals surface area (Å²) in [7, 11) is 0. The minimum atomic E-state index is -0.431. The molecule has 5 nitrogen and oxygen atoms in total. The van der Waals surface area contributed by atoms with Crippen molar-refractivity contribution in [2.75, 3.05) is 24.7 Å². The first kappa shape index (κ1) is 14.7. The van der Waals surface area contributed by atoms with Gasteiger partial charge in [-0.2, -0.15) is 0 Å². The molecule has 2 rings (SSSR count). The van der Waals surface area contributed by atoms with Gasteiger partial charge in [-0.15, -0.1) is 0 Å². The molecule has 1 aromatic rings. The van der Waals surface area contributed by atoms with Crippen molar-refractivity contribution in [3.8, 4) is 5.75 Å². The van der Waals surface area contributed by atoms with E-state index in [4.69, 9.17) is 21.1 Å². The minimum absolute atomic E-state index is 0.0864. The monoisotopic (exact) mass is 297 g/mol. The zero-order valence-electron chi connectivity index (χ0n) is 11.2. The molecule has 0 atom stereocenters. The molecule has 20 heavy (non-hydrogen) atoms. The third-order valence-corrected chi connectivity index (χ3v) is 3.15. The van der Waals surface area contributed by atoms with Gasteiger partial charge in [-0.3, -0.25) is 14.5 Å². The van der Waals surface area contributed by atoms with Gasteiger partial charge in [0.05, 0.1) is 12.3 Å². The zero-order chi connectivity index (χ0) is 14.5. The van der Waals surface area contributed by atoms with Crippen molar-refractivity contribution >= 4 is 29.2 Å². The minimum Gasteiger partial charge on any atom is -0.482 e. The first-order valence-electron chi connectivity index (χ1n) is 6.50. The summed E-state index contributed by atoms with van der Waals surface area (Å²) in [6.07, 6.45) is 1.76. The Hall–Kier alpha value is -1.75. The average Bonchev–Trinajstić information content (AvgIpc) is 2.42. The number of anilines is 1. The molecule has 0 radical (unpaired) electrons. The van der Waals surface area contributed by atoms with Gasteiger partial charge in [-0.25, -0.2) is 0 Å². The summed E-state index contributed by atoms with van der Waals surface area (Å²) in [4.78, 5) is 25.0. The molecule has 6 heteroatoms. The number of ether oxygens (including phenoxy) is 2. The normalized spacial score (nSPS) is 13.7. The molecule has 0 aromatic heterocycles. The van der Waals surface area contributed by atoms with Gasteiger partial charge in [-0.1, -0.05) is 24.9 Å². The van der Waals surface area contributed by atoms with Crippen LogP contribution in [0.3, 0.4) is 0 Å². The predicted molar refractivity (Wildman–Crippen MR) is 75.2 cm³/mol. The molecule has 0 saturated heterocycles. The van der Waals surface area contributed by atoms with E-state index in [9.17, 15) is 9.59 Å². The highest BCUT2D eigenvalue weighted by molar-refractivity contribution is 6.31. The summed E-state index contributed by atoms with van der Waals surface area (Å²) in [5.41, 5.74) is 0.501. The van der Waals surface area contributed by atoms with Crippen LogP contribution in [0.4, 0.5) is 5.69 Å². The molecule has 1 aliphatic heterocycles. The SMILES string of the molecule is CCCCOC(=O)CN1C(=O)COc2ccc(Cl)cc21. The van der Waals surface area contributed by atoms with Crippen LogP contribution in [0.25, 0.3) is 0 Å². The van der Waals surface area contributed by atoms with E-state index < -0.39 is 5.97 Å². The molecule has 1 aromatic carbocycles. The fourth-order valence-electron chi connectivity index (χ4n) is 1.85. The van der Waals surface area contributed by atoms with E-state index in [0.717, 1.165) is 12.8 Å². The Balaban J connectivity index is 2.09. The molecule has 1 heterocycles. The topological polar surface area (TPSA) is 55.8 Å². The Bertz CT molecular complexity index is 518. The summed E-state index contributed by atoms with van der Waals surface area (Å²) < 4.78 is 10.4. The molecule has 0 fully saturated rings. The quantitative estimate of drug-likeness (QED) is 0.618. The van der Waals surface area contributed by atoms with Crippen LogP contribution in [0.1, 0.15) is 19.8 Å². The first-order chi connectivity index (χ1) is 9.61. The number of amides is 1. The molecule has 0 saturated carbocycles. The van der Waals surface area contributed by atoms with Crippen LogP contribution in [0.2, 0.25) is 5.02 Å². The van der Waals surface area contributed by atoms with Crippen LogP contribution in [0.15, 0.2) is 18.2 Å². The van der Waals surface area contributed by atoms with Crippen LogP contribution in [0, 0.1) is 0 Å². The number of nitrogens with zero attached hydrogens (tertiary/aromatic N) is 1. The lowest BCUT2D eigenvalue weighted by atomic mass is 10.2. The molecule has 0 spiro atoms. The van der Waals surface area contributed by atoms with Crippen molar-refractivity contribution < 1.29 is 19.1 Å². The highest BCUT2D eigenvalue weighted by Crippen LogP contribution is 2.34. The maximum atomic E-state index is 11.9. The maximum Gasteiger partial charge on any atom is 0.326 e. The number of hydrogen-bond acceptors (Lipinski definition) is 4. The third kappa shape index (κ3) is 3.42. The summed E-state index contributed by atoms with van der Waals surface area (Å²) in [5.74, 6) is -0.179. The molecule has 108 valence electrons. The van der Waals surface area contributed by atoms with Crippen molar-refractivity contribution in [2.24, 2.45) is 0 Å². The van der Waals surface area contributed by atoms with Crippen LogP contribution < -0.4 is 9.64 Å². The highest BCUT2D eigenvalue weighted by atomic mass is 35.5. The standard InChI is InChI=1S/C14H16ClNO4/c1-2-3-6-19-14(18)8-16-11-7-10(15)4-5-12(11)20-9-13(16)17/h4-5,7H,2-3,6,8-9H2,1H3. The smallest absolute Gasteiger partial charge is 0.326 e. The first-order valence-corrected chi connectivity index (χ1v) is 6.88. The molecule has 0 N–H and O–H groups in total. The van der Waals surface area contributed by atoms with E-state index in [1.165, 1.54) is 4.90 Å². The van der Waals surface area contributed by atoms with Gasteiger partial charge in [-0.05, 0) is 24.6 Å². The number of rotatable bonds is 5. The molecular formula is C14H16ClNO4. The summed E-state index contributed by atoms with van der Waals surface area (Å²) >= 11 is 5.92.